The molecule has 128 valence electrons. The first kappa shape index (κ1) is 19.3. The van der Waals surface area contributed by atoms with Gasteiger partial charge in [0.25, 0.3) is 11.8 Å². The van der Waals surface area contributed by atoms with E-state index in [1.54, 1.807) is 38.4 Å². The van der Waals surface area contributed by atoms with Crippen LogP contribution in [0.5, 0.6) is 5.75 Å². The third-order valence-corrected chi connectivity index (χ3v) is 3.71. The lowest BCUT2D eigenvalue weighted by Crippen LogP contribution is -2.38. The summed E-state index contributed by atoms with van der Waals surface area (Å²) < 4.78 is 5.46. The molecule has 7 heteroatoms. The molecule has 1 unspecified atom stereocenters. The number of hydrogen-bond acceptors (Lipinski definition) is 4. The smallest absolute Gasteiger partial charge is 0.259 e. The van der Waals surface area contributed by atoms with Crippen molar-refractivity contribution >= 4 is 24.2 Å². The van der Waals surface area contributed by atoms with Crippen LogP contribution in [0, 0.1) is 5.92 Å². The number of halogens is 1. The SMILES string of the molecule is CN(C)C(=O)COc1ccccc1C(=O)NCC(N)C1CC1.Cl. The van der Waals surface area contributed by atoms with E-state index in [2.05, 4.69) is 5.32 Å². The lowest BCUT2D eigenvalue weighted by molar-refractivity contribution is -0.130. The molecule has 0 aliphatic heterocycles. The van der Waals surface area contributed by atoms with E-state index in [0.717, 1.165) is 12.8 Å². The van der Waals surface area contributed by atoms with Gasteiger partial charge in [-0.3, -0.25) is 9.59 Å². The Kier molecular flexibility index (Phi) is 7.32. The van der Waals surface area contributed by atoms with Crippen LogP contribution in [0.3, 0.4) is 0 Å². The van der Waals surface area contributed by atoms with Crippen LogP contribution in [0.25, 0.3) is 0 Å². The fourth-order valence-electron chi connectivity index (χ4n) is 2.05. The summed E-state index contributed by atoms with van der Waals surface area (Å²) in [5.41, 5.74) is 6.39. The minimum absolute atomic E-state index is 0. The van der Waals surface area contributed by atoms with Crippen LogP contribution < -0.4 is 15.8 Å². The van der Waals surface area contributed by atoms with Gasteiger partial charge in [-0.2, -0.15) is 0 Å². The zero-order valence-electron chi connectivity index (χ0n) is 13.5. The normalized spacial score (nSPS) is 14.4. The molecular weight excluding hydrogens is 318 g/mol. The van der Waals surface area contributed by atoms with Crippen LogP contribution in [-0.4, -0.2) is 50.0 Å². The number of carbonyl (C=O) groups is 2. The number of hydrogen-bond donors (Lipinski definition) is 2. The van der Waals surface area contributed by atoms with Crippen molar-refractivity contribution in [3.05, 3.63) is 29.8 Å². The Hall–Kier alpha value is -1.79. The van der Waals surface area contributed by atoms with Crippen molar-refractivity contribution < 1.29 is 14.3 Å². The third-order valence-electron chi connectivity index (χ3n) is 3.71. The molecule has 2 rings (SSSR count). The molecule has 0 spiro atoms. The molecule has 0 aromatic heterocycles. The summed E-state index contributed by atoms with van der Waals surface area (Å²) in [4.78, 5) is 25.3. The Labute approximate surface area is 142 Å². The van der Waals surface area contributed by atoms with Gasteiger partial charge in [-0.1, -0.05) is 12.1 Å². The van der Waals surface area contributed by atoms with Gasteiger partial charge < -0.3 is 20.7 Å². The number of amides is 2. The molecule has 1 aliphatic rings. The highest BCUT2D eigenvalue weighted by Gasteiger charge is 2.28. The van der Waals surface area contributed by atoms with E-state index in [9.17, 15) is 9.59 Å². The van der Waals surface area contributed by atoms with E-state index in [4.69, 9.17) is 10.5 Å². The van der Waals surface area contributed by atoms with Crippen LogP contribution in [0.15, 0.2) is 24.3 Å². The number of ether oxygens (including phenoxy) is 1. The summed E-state index contributed by atoms with van der Waals surface area (Å²) in [6.45, 7) is 0.355. The number of rotatable bonds is 7. The highest BCUT2D eigenvalue weighted by Crippen LogP contribution is 2.31. The molecule has 0 radical (unpaired) electrons. The van der Waals surface area contributed by atoms with Crippen LogP contribution in [0.2, 0.25) is 0 Å². The zero-order valence-corrected chi connectivity index (χ0v) is 14.3. The van der Waals surface area contributed by atoms with Gasteiger partial charge in [-0.15, -0.1) is 12.4 Å². The number of para-hydroxylation sites is 1. The highest BCUT2D eigenvalue weighted by molar-refractivity contribution is 5.97. The van der Waals surface area contributed by atoms with E-state index in [1.165, 1.54) is 4.90 Å². The first-order valence-corrected chi connectivity index (χ1v) is 7.44. The van der Waals surface area contributed by atoms with E-state index in [0.29, 0.717) is 23.8 Å². The van der Waals surface area contributed by atoms with E-state index < -0.39 is 0 Å². The number of nitrogens with zero attached hydrogens (tertiary/aromatic N) is 1. The number of nitrogens with one attached hydrogen (secondary N) is 1. The lowest BCUT2D eigenvalue weighted by Gasteiger charge is -2.15. The van der Waals surface area contributed by atoms with Gasteiger partial charge in [-0.25, -0.2) is 0 Å². The fourth-order valence-corrected chi connectivity index (χ4v) is 2.05. The standard InChI is InChI=1S/C16H23N3O3.ClH/c1-19(2)15(20)10-22-14-6-4-3-5-12(14)16(21)18-9-13(17)11-7-8-11;/h3-6,11,13H,7-10,17H2,1-2H3,(H,18,21);1H. The zero-order chi connectivity index (χ0) is 16.1. The summed E-state index contributed by atoms with van der Waals surface area (Å²) >= 11 is 0. The second-order valence-electron chi connectivity index (χ2n) is 5.78. The van der Waals surface area contributed by atoms with Gasteiger partial charge in [0.1, 0.15) is 5.75 Å². The summed E-state index contributed by atoms with van der Waals surface area (Å²) in [5, 5.41) is 2.83. The minimum atomic E-state index is -0.232. The summed E-state index contributed by atoms with van der Waals surface area (Å²) in [6, 6.07) is 6.89. The summed E-state index contributed by atoms with van der Waals surface area (Å²) in [6.07, 6.45) is 2.28. The Morgan fingerprint density at radius 1 is 1.35 bits per heavy atom. The molecule has 0 bridgehead atoms. The maximum absolute atomic E-state index is 12.2. The molecule has 1 fully saturated rings. The number of benzene rings is 1. The molecule has 23 heavy (non-hydrogen) atoms. The van der Waals surface area contributed by atoms with Crippen molar-refractivity contribution in [1.82, 2.24) is 10.2 Å². The van der Waals surface area contributed by atoms with Crippen molar-refractivity contribution in [3.63, 3.8) is 0 Å². The summed E-state index contributed by atoms with van der Waals surface area (Å²) in [5.74, 6) is 0.537. The van der Waals surface area contributed by atoms with Crippen molar-refractivity contribution in [2.24, 2.45) is 11.7 Å². The highest BCUT2D eigenvalue weighted by atomic mass is 35.5. The molecule has 1 saturated carbocycles. The van der Waals surface area contributed by atoms with E-state index >= 15 is 0 Å². The Balaban J connectivity index is 0.00000264. The molecule has 1 aliphatic carbocycles. The molecular formula is C16H24ClN3O3. The molecule has 3 N–H and O–H groups in total. The maximum Gasteiger partial charge on any atom is 0.259 e. The maximum atomic E-state index is 12.2. The number of nitrogens with two attached hydrogens (primary N) is 1. The van der Waals surface area contributed by atoms with Gasteiger partial charge in [0, 0.05) is 26.7 Å². The first-order valence-electron chi connectivity index (χ1n) is 7.44. The predicted octanol–water partition coefficient (Wildman–Crippen LogP) is 1.04. The van der Waals surface area contributed by atoms with Gasteiger partial charge >= 0.3 is 0 Å². The monoisotopic (exact) mass is 341 g/mol. The average Bonchev–Trinajstić information content (AvgIpc) is 3.34. The molecule has 1 aromatic carbocycles. The van der Waals surface area contributed by atoms with Crippen molar-refractivity contribution in [3.8, 4) is 5.75 Å². The summed E-state index contributed by atoms with van der Waals surface area (Å²) in [7, 11) is 3.31. The van der Waals surface area contributed by atoms with Gasteiger partial charge in [0.2, 0.25) is 0 Å². The Morgan fingerprint density at radius 3 is 2.61 bits per heavy atom. The largest absolute Gasteiger partial charge is 0.483 e. The van der Waals surface area contributed by atoms with Crippen molar-refractivity contribution in [1.29, 1.82) is 0 Å². The molecule has 2 amide bonds. The average molecular weight is 342 g/mol. The van der Waals surface area contributed by atoms with Crippen molar-refractivity contribution in [2.75, 3.05) is 27.2 Å². The number of likely N-dealkylation sites (N-methyl/N-ethyl adjacent to an activating group) is 1. The minimum Gasteiger partial charge on any atom is -0.483 e. The Bertz CT molecular complexity index is 547. The molecule has 1 atom stereocenters. The van der Waals surface area contributed by atoms with E-state index in [1.807, 2.05) is 0 Å². The second kappa shape index (κ2) is 8.74. The van der Waals surface area contributed by atoms with Gasteiger partial charge in [0.05, 0.1) is 5.56 Å². The lowest BCUT2D eigenvalue weighted by atomic mass is 10.1. The predicted molar refractivity (Wildman–Crippen MR) is 90.9 cm³/mol. The second-order valence-corrected chi connectivity index (χ2v) is 5.78. The number of carbonyl (C=O) groups excluding carboxylic acids is 2. The van der Waals surface area contributed by atoms with Gasteiger partial charge in [0.15, 0.2) is 6.61 Å². The molecule has 0 heterocycles. The molecule has 0 saturated heterocycles. The third kappa shape index (κ3) is 5.73. The van der Waals surface area contributed by atoms with Crippen molar-refractivity contribution in [2.45, 2.75) is 18.9 Å². The van der Waals surface area contributed by atoms with Crippen LogP contribution >= 0.6 is 12.4 Å². The van der Waals surface area contributed by atoms with Crippen LogP contribution in [0.1, 0.15) is 23.2 Å². The Morgan fingerprint density at radius 2 is 2.00 bits per heavy atom. The van der Waals surface area contributed by atoms with Crippen LogP contribution in [-0.2, 0) is 4.79 Å². The molecule has 1 aromatic rings. The first-order chi connectivity index (χ1) is 10.5. The van der Waals surface area contributed by atoms with Gasteiger partial charge in [-0.05, 0) is 30.9 Å². The van der Waals surface area contributed by atoms with Crippen LogP contribution in [0.4, 0.5) is 0 Å². The van der Waals surface area contributed by atoms with E-state index in [-0.39, 0.29) is 36.9 Å². The topological polar surface area (TPSA) is 84.7 Å². The molecule has 6 nitrogen and oxygen atoms in total. The fraction of sp³-hybridized carbons (Fsp3) is 0.500. The quantitative estimate of drug-likeness (QED) is 0.776.